The van der Waals surface area contributed by atoms with E-state index in [0.717, 1.165) is 50.3 Å². The average molecular weight is 407 g/mol. The molecule has 0 bridgehead atoms. The summed E-state index contributed by atoms with van der Waals surface area (Å²) in [5, 5.41) is 7.54. The van der Waals surface area contributed by atoms with Gasteiger partial charge in [-0.15, -0.1) is 0 Å². The number of nitrogens with one attached hydrogen (secondary N) is 2. The molecule has 0 fully saturated rings. The fourth-order valence-electron chi connectivity index (χ4n) is 3.72. The highest BCUT2D eigenvalue weighted by molar-refractivity contribution is 5.92. The average Bonchev–Trinajstić information content (AvgIpc) is 3.50. The highest BCUT2D eigenvalue weighted by atomic mass is 15.2. The summed E-state index contributed by atoms with van der Waals surface area (Å²) >= 11 is 0. The second-order valence-corrected chi connectivity index (χ2v) is 7.42. The van der Waals surface area contributed by atoms with Crippen LogP contribution in [-0.2, 0) is 0 Å². The van der Waals surface area contributed by atoms with Crippen molar-refractivity contribution >= 4 is 22.1 Å². The number of aryl methyl sites for hydroxylation is 2. The maximum absolute atomic E-state index is 4.87. The van der Waals surface area contributed by atoms with Crippen molar-refractivity contribution in [1.29, 1.82) is 0 Å². The van der Waals surface area contributed by atoms with Gasteiger partial charge in [0.05, 0.1) is 46.8 Å². The van der Waals surface area contributed by atoms with Crippen LogP contribution < -0.4 is 0 Å². The number of aromatic nitrogens is 9. The third kappa shape index (κ3) is 2.78. The Morgan fingerprint density at radius 2 is 1.84 bits per heavy atom. The van der Waals surface area contributed by atoms with Crippen LogP contribution in [0.1, 0.15) is 11.3 Å². The molecule has 0 saturated heterocycles. The third-order valence-corrected chi connectivity index (χ3v) is 5.31. The second kappa shape index (κ2) is 6.56. The van der Waals surface area contributed by atoms with E-state index < -0.39 is 0 Å². The Kier molecular flexibility index (Phi) is 3.69. The van der Waals surface area contributed by atoms with Crippen molar-refractivity contribution in [3.05, 3.63) is 66.8 Å². The number of pyridine rings is 3. The predicted octanol–water partition coefficient (Wildman–Crippen LogP) is 3.76. The van der Waals surface area contributed by atoms with E-state index in [1.807, 2.05) is 49.0 Å². The molecule has 0 aliphatic rings. The van der Waals surface area contributed by atoms with E-state index in [9.17, 15) is 0 Å². The summed E-state index contributed by atoms with van der Waals surface area (Å²) in [5.41, 5.74) is 8.55. The molecule has 0 spiro atoms. The molecule has 6 aromatic rings. The third-order valence-electron chi connectivity index (χ3n) is 5.31. The zero-order valence-corrected chi connectivity index (χ0v) is 16.8. The maximum Gasteiger partial charge on any atom is 0.161 e. The predicted molar refractivity (Wildman–Crippen MR) is 117 cm³/mol. The zero-order chi connectivity index (χ0) is 20.9. The van der Waals surface area contributed by atoms with E-state index in [-0.39, 0.29) is 0 Å². The maximum atomic E-state index is 4.87. The van der Waals surface area contributed by atoms with Gasteiger partial charge in [-0.05, 0) is 37.6 Å². The van der Waals surface area contributed by atoms with Gasteiger partial charge in [-0.25, -0.2) is 15.0 Å². The van der Waals surface area contributed by atoms with Gasteiger partial charge in [-0.2, -0.15) is 5.10 Å². The number of hydrogen-bond donors (Lipinski definition) is 2. The van der Waals surface area contributed by atoms with Crippen molar-refractivity contribution < 1.29 is 0 Å². The first-order chi connectivity index (χ1) is 15.2. The molecule has 0 aromatic carbocycles. The van der Waals surface area contributed by atoms with E-state index in [2.05, 4.69) is 30.1 Å². The van der Waals surface area contributed by atoms with Crippen LogP contribution in [-0.4, -0.2) is 44.7 Å². The Bertz CT molecular complexity index is 1570. The Morgan fingerprint density at radius 3 is 2.68 bits per heavy atom. The first-order valence-corrected chi connectivity index (χ1v) is 9.78. The Morgan fingerprint density at radius 1 is 0.903 bits per heavy atom. The molecule has 2 N–H and O–H groups in total. The Hall–Kier alpha value is -4.40. The van der Waals surface area contributed by atoms with Gasteiger partial charge in [0.25, 0.3) is 0 Å². The monoisotopic (exact) mass is 407 g/mol. The van der Waals surface area contributed by atoms with Gasteiger partial charge in [0.1, 0.15) is 11.0 Å². The number of nitrogens with zero attached hydrogens (tertiary/aromatic N) is 7. The molecule has 0 atom stereocenters. The molecule has 0 radical (unpaired) electrons. The number of H-pyrrole nitrogens is 2. The lowest BCUT2D eigenvalue weighted by molar-refractivity contribution is 1.05. The number of aromatic amines is 2. The smallest absolute Gasteiger partial charge is 0.161 e. The van der Waals surface area contributed by atoms with Crippen molar-refractivity contribution in [2.75, 3.05) is 0 Å². The van der Waals surface area contributed by atoms with Gasteiger partial charge in [0, 0.05) is 24.2 Å². The first kappa shape index (κ1) is 17.5. The minimum Gasteiger partial charge on any atom is -0.335 e. The van der Waals surface area contributed by atoms with Crippen LogP contribution in [0.5, 0.6) is 0 Å². The molecule has 6 rings (SSSR count). The fourth-order valence-corrected chi connectivity index (χ4v) is 3.72. The number of hydrogen-bond acceptors (Lipinski definition) is 6. The number of fused-ring (bicyclic) bond motifs is 2. The van der Waals surface area contributed by atoms with E-state index in [1.54, 1.807) is 24.9 Å². The van der Waals surface area contributed by atoms with Crippen molar-refractivity contribution in [1.82, 2.24) is 44.7 Å². The summed E-state index contributed by atoms with van der Waals surface area (Å²) in [5.74, 6) is 0.625. The minimum absolute atomic E-state index is 0.625. The molecule has 6 aromatic heterocycles. The molecule has 31 heavy (non-hydrogen) atoms. The van der Waals surface area contributed by atoms with Gasteiger partial charge in [0.15, 0.2) is 11.5 Å². The summed E-state index contributed by atoms with van der Waals surface area (Å²) in [6, 6.07) is 5.92. The van der Waals surface area contributed by atoms with E-state index in [1.165, 1.54) is 0 Å². The van der Waals surface area contributed by atoms with Crippen LogP contribution in [0, 0.1) is 13.8 Å². The molecule has 0 saturated carbocycles. The summed E-state index contributed by atoms with van der Waals surface area (Å²) in [6.07, 6.45) is 10.8. The molecule has 9 nitrogen and oxygen atoms in total. The Balaban J connectivity index is 1.52. The summed E-state index contributed by atoms with van der Waals surface area (Å²) in [6.45, 7) is 3.99. The summed E-state index contributed by atoms with van der Waals surface area (Å²) in [4.78, 5) is 25.9. The summed E-state index contributed by atoms with van der Waals surface area (Å²) < 4.78 is 1.92. The Labute approximate surface area is 176 Å². The van der Waals surface area contributed by atoms with E-state index >= 15 is 0 Å². The highest BCUT2D eigenvalue weighted by Crippen LogP contribution is 2.29. The van der Waals surface area contributed by atoms with Crippen LogP contribution in [0.2, 0.25) is 0 Å². The van der Waals surface area contributed by atoms with Crippen LogP contribution in [0.25, 0.3) is 50.5 Å². The standard InChI is InChI=1S/C22H17N9/c1-12-5-6-23-7-14(12)15-3-4-16-20(26-15)21(30-29-16)22-27-17-8-24-9-18(19(17)28-22)31-10-13(2)25-11-31/h3-11H,1-2H3,(H,27,28)(H,29,30). The van der Waals surface area contributed by atoms with Gasteiger partial charge in [-0.1, -0.05) is 0 Å². The van der Waals surface area contributed by atoms with Crippen molar-refractivity contribution in [2.45, 2.75) is 13.8 Å². The van der Waals surface area contributed by atoms with Crippen molar-refractivity contribution in [3.8, 4) is 28.5 Å². The molecule has 0 aliphatic heterocycles. The lowest BCUT2D eigenvalue weighted by Crippen LogP contribution is -1.93. The normalized spacial score (nSPS) is 11.5. The van der Waals surface area contributed by atoms with Crippen molar-refractivity contribution in [3.63, 3.8) is 0 Å². The van der Waals surface area contributed by atoms with Gasteiger partial charge in [-0.3, -0.25) is 15.1 Å². The molecule has 9 heteroatoms. The molecule has 0 unspecified atom stereocenters. The van der Waals surface area contributed by atoms with E-state index in [4.69, 9.17) is 9.97 Å². The van der Waals surface area contributed by atoms with Crippen LogP contribution in [0.3, 0.4) is 0 Å². The quantitative estimate of drug-likeness (QED) is 0.462. The van der Waals surface area contributed by atoms with Gasteiger partial charge < -0.3 is 9.55 Å². The van der Waals surface area contributed by atoms with Gasteiger partial charge in [0.2, 0.25) is 0 Å². The van der Waals surface area contributed by atoms with Crippen LogP contribution in [0.4, 0.5) is 0 Å². The topological polar surface area (TPSA) is 114 Å². The molecular weight excluding hydrogens is 390 g/mol. The van der Waals surface area contributed by atoms with Gasteiger partial charge >= 0.3 is 0 Å². The highest BCUT2D eigenvalue weighted by Gasteiger charge is 2.17. The molecule has 6 heterocycles. The minimum atomic E-state index is 0.625. The summed E-state index contributed by atoms with van der Waals surface area (Å²) in [7, 11) is 0. The van der Waals surface area contributed by atoms with Crippen LogP contribution in [0.15, 0.2) is 55.5 Å². The largest absolute Gasteiger partial charge is 0.335 e. The second-order valence-electron chi connectivity index (χ2n) is 7.42. The lowest BCUT2D eigenvalue weighted by atomic mass is 10.1. The lowest BCUT2D eigenvalue weighted by Gasteiger charge is -2.04. The van der Waals surface area contributed by atoms with Crippen molar-refractivity contribution in [2.24, 2.45) is 0 Å². The van der Waals surface area contributed by atoms with Crippen LogP contribution >= 0.6 is 0 Å². The molecule has 0 amide bonds. The number of imidazole rings is 2. The SMILES string of the molecule is Cc1cn(-c2cncc3[nH]c(-c4n[nH]c5ccc(-c6cnccc6C)nc45)nc23)cn1. The molecule has 0 aliphatic carbocycles. The number of rotatable bonds is 3. The molecular formula is C22H17N9. The molecule has 150 valence electrons. The zero-order valence-electron chi connectivity index (χ0n) is 16.8. The fraction of sp³-hybridized carbons (Fsp3) is 0.0909. The first-order valence-electron chi connectivity index (χ1n) is 9.78. The van der Waals surface area contributed by atoms with E-state index in [0.29, 0.717) is 11.5 Å².